The Labute approximate surface area is 174 Å². The summed E-state index contributed by atoms with van der Waals surface area (Å²) in [6.45, 7) is 7.27. The zero-order valence-corrected chi connectivity index (χ0v) is 18.3. The molecular formula is C21H22N2O4S2. The Balaban J connectivity index is 2.04. The summed E-state index contributed by atoms with van der Waals surface area (Å²) in [5, 5.41) is 11.8. The lowest BCUT2D eigenvalue weighted by Gasteiger charge is -2.21. The molecule has 6 nitrogen and oxygen atoms in total. The zero-order valence-electron chi connectivity index (χ0n) is 16.6. The molecule has 8 heteroatoms. The molecule has 2 aromatic carbocycles. The molecule has 0 aliphatic heterocycles. The number of carboxylic acid groups (broad SMARTS) is 1. The van der Waals surface area contributed by atoms with Gasteiger partial charge in [0.15, 0.2) is 5.82 Å². The van der Waals surface area contributed by atoms with Gasteiger partial charge in [-0.3, -0.25) is 0 Å². The van der Waals surface area contributed by atoms with Crippen LogP contribution in [0.15, 0.2) is 46.7 Å². The number of rotatable bonds is 6. The molecule has 0 amide bonds. The van der Waals surface area contributed by atoms with E-state index in [9.17, 15) is 18.3 Å². The molecule has 1 N–H and O–H groups in total. The van der Waals surface area contributed by atoms with Crippen LogP contribution in [0.5, 0.6) is 0 Å². The molecule has 0 aliphatic rings. The molecule has 0 saturated heterocycles. The number of hydrogen-bond donors (Lipinski definition) is 1. The van der Waals surface area contributed by atoms with E-state index in [2.05, 4.69) is 4.98 Å². The van der Waals surface area contributed by atoms with E-state index in [0.717, 1.165) is 16.1 Å². The van der Waals surface area contributed by atoms with Crippen molar-refractivity contribution in [1.82, 2.24) is 4.98 Å². The minimum Gasteiger partial charge on any atom is -0.478 e. The topological polar surface area (TPSA) is 87.6 Å². The molecule has 0 aliphatic carbocycles. The van der Waals surface area contributed by atoms with Gasteiger partial charge in [0.2, 0.25) is 0 Å². The first-order valence-corrected chi connectivity index (χ1v) is 11.4. The van der Waals surface area contributed by atoms with Crippen molar-refractivity contribution in [3.8, 4) is 10.6 Å². The fourth-order valence-corrected chi connectivity index (χ4v) is 5.40. The number of aromatic carboxylic acids is 1. The number of anilines is 1. The standard InChI is InChI=1S/C21H22N2O4S2/c1-5-23(19-12-28-20(22-19)16-8-6-13(2)7-9-16)29(26,27)17-10-14(3)15(4)18(11-17)21(24)25/h6-12H,5H2,1-4H3,(H,24,25). The third-order valence-corrected chi connectivity index (χ3v) is 7.53. The molecule has 29 heavy (non-hydrogen) atoms. The zero-order chi connectivity index (χ0) is 21.3. The predicted octanol–water partition coefficient (Wildman–Crippen LogP) is 4.65. The van der Waals surface area contributed by atoms with Gasteiger partial charge in [-0.05, 0) is 51.0 Å². The fourth-order valence-electron chi connectivity index (χ4n) is 2.99. The molecule has 0 saturated carbocycles. The number of carboxylic acids is 1. The van der Waals surface area contributed by atoms with Crippen molar-refractivity contribution in [3.63, 3.8) is 0 Å². The summed E-state index contributed by atoms with van der Waals surface area (Å²) in [7, 11) is -3.96. The van der Waals surface area contributed by atoms with Crippen LogP contribution in [0.1, 0.15) is 34.0 Å². The second-order valence-corrected chi connectivity index (χ2v) is 9.48. The first kappa shape index (κ1) is 21.0. The summed E-state index contributed by atoms with van der Waals surface area (Å²) >= 11 is 1.37. The van der Waals surface area contributed by atoms with Gasteiger partial charge >= 0.3 is 5.97 Å². The van der Waals surface area contributed by atoms with Crippen LogP contribution < -0.4 is 4.31 Å². The maximum atomic E-state index is 13.3. The Hall–Kier alpha value is -2.71. The van der Waals surface area contributed by atoms with Crippen LogP contribution in [-0.4, -0.2) is 31.0 Å². The second kappa shape index (κ2) is 7.96. The lowest BCUT2D eigenvalue weighted by Crippen LogP contribution is -2.31. The number of hydrogen-bond acceptors (Lipinski definition) is 5. The smallest absolute Gasteiger partial charge is 0.336 e. The van der Waals surface area contributed by atoms with E-state index in [1.807, 2.05) is 31.2 Å². The molecule has 0 spiro atoms. The summed E-state index contributed by atoms with van der Waals surface area (Å²) < 4.78 is 27.8. The highest BCUT2D eigenvalue weighted by atomic mass is 32.2. The lowest BCUT2D eigenvalue weighted by molar-refractivity contribution is 0.0695. The van der Waals surface area contributed by atoms with Crippen molar-refractivity contribution in [1.29, 1.82) is 0 Å². The molecule has 3 rings (SSSR count). The number of carbonyl (C=O) groups is 1. The maximum absolute atomic E-state index is 13.3. The van der Waals surface area contributed by atoms with Crippen molar-refractivity contribution in [2.75, 3.05) is 10.8 Å². The Morgan fingerprint density at radius 1 is 1.14 bits per heavy atom. The van der Waals surface area contributed by atoms with Crippen molar-refractivity contribution in [3.05, 3.63) is 64.0 Å². The molecule has 0 unspecified atom stereocenters. The highest BCUT2D eigenvalue weighted by molar-refractivity contribution is 7.92. The molecule has 1 heterocycles. The van der Waals surface area contributed by atoms with Gasteiger partial charge < -0.3 is 5.11 Å². The van der Waals surface area contributed by atoms with Crippen molar-refractivity contribution in [2.45, 2.75) is 32.6 Å². The first-order chi connectivity index (χ1) is 13.6. The maximum Gasteiger partial charge on any atom is 0.336 e. The van der Waals surface area contributed by atoms with Crippen LogP contribution in [0, 0.1) is 20.8 Å². The van der Waals surface area contributed by atoms with Gasteiger partial charge in [0.1, 0.15) is 5.01 Å². The minimum atomic E-state index is -3.96. The summed E-state index contributed by atoms with van der Waals surface area (Å²) in [6.07, 6.45) is 0. The summed E-state index contributed by atoms with van der Waals surface area (Å²) in [5.74, 6) is -0.829. The second-order valence-electron chi connectivity index (χ2n) is 6.76. The number of thiazole rings is 1. The van der Waals surface area contributed by atoms with E-state index in [1.165, 1.54) is 27.8 Å². The largest absolute Gasteiger partial charge is 0.478 e. The van der Waals surface area contributed by atoms with Gasteiger partial charge in [-0.2, -0.15) is 0 Å². The fraction of sp³-hybridized carbons (Fsp3) is 0.238. The summed E-state index contributed by atoms with van der Waals surface area (Å²) in [4.78, 5) is 16.0. The number of nitrogens with zero attached hydrogens (tertiary/aromatic N) is 2. The Morgan fingerprint density at radius 3 is 2.38 bits per heavy atom. The Kier molecular flexibility index (Phi) is 5.77. The molecule has 0 bridgehead atoms. The highest BCUT2D eigenvalue weighted by Crippen LogP contribution is 2.31. The SMILES string of the molecule is CCN(c1csc(-c2ccc(C)cc2)n1)S(=O)(=O)c1cc(C)c(C)c(C(=O)O)c1. The van der Waals surface area contributed by atoms with Crippen LogP contribution in [-0.2, 0) is 10.0 Å². The van der Waals surface area contributed by atoms with Crippen LogP contribution in [0.25, 0.3) is 10.6 Å². The first-order valence-electron chi connectivity index (χ1n) is 9.05. The Morgan fingerprint density at radius 2 is 1.79 bits per heavy atom. The molecular weight excluding hydrogens is 408 g/mol. The average Bonchev–Trinajstić information content (AvgIpc) is 3.14. The van der Waals surface area contributed by atoms with E-state index in [4.69, 9.17) is 0 Å². The van der Waals surface area contributed by atoms with Gasteiger partial charge in [-0.1, -0.05) is 29.8 Å². The number of aromatic nitrogens is 1. The molecule has 3 aromatic rings. The van der Waals surface area contributed by atoms with Crippen LogP contribution >= 0.6 is 11.3 Å². The van der Waals surface area contributed by atoms with E-state index in [1.54, 1.807) is 26.2 Å². The highest BCUT2D eigenvalue weighted by Gasteiger charge is 2.27. The Bertz CT molecular complexity index is 1170. The summed E-state index contributed by atoms with van der Waals surface area (Å²) in [5.41, 5.74) is 3.19. The van der Waals surface area contributed by atoms with Crippen LogP contribution in [0.4, 0.5) is 5.82 Å². The van der Waals surface area contributed by atoms with E-state index < -0.39 is 16.0 Å². The van der Waals surface area contributed by atoms with Gasteiger partial charge in [-0.15, -0.1) is 11.3 Å². The van der Waals surface area contributed by atoms with Crippen molar-refractivity contribution in [2.24, 2.45) is 0 Å². The molecule has 1 aromatic heterocycles. The van der Waals surface area contributed by atoms with E-state index >= 15 is 0 Å². The van der Waals surface area contributed by atoms with Gasteiger partial charge in [0.25, 0.3) is 10.0 Å². The lowest BCUT2D eigenvalue weighted by atomic mass is 10.0. The van der Waals surface area contributed by atoms with Gasteiger partial charge in [-0.25, -0.2) is 22.5 Å². The molecule has 0 radical (unpaired) electrons. The third-order valence-electron chi connectivity index (χ3n) is 4.79. The van der Waals surface area contributed by atoms with Crippen LogP contribution in [0.3, 0.4) is 0 Å². The molecule has 0 fully saturated rings. The normalized spacial score (nSPS) is 11.4. The van der Waals surface area contributed by atoms with Crippen LogP contribution in [0.2, 0.25) is 0 Å². The third kappa shape index (κ3) is 4.04. The number of benzene rings is 2. The number of sulfonamides is 1. The van der Waals surface area contributed by atoms with Crippen molar-refractivity contribution >= 4 is 33.1 Å². The van der Waals surface area contributed by atoms with Gasteiger partial charge in [0, 0.05) is 17.5 Å². The van der Waals surface area contributed by atoms with Gasteiger partial charge in [0.05, 0.1) is 10.5 Å². The molecule has 152 valence electrons. The van der Waals surface area contributed by atoms with Crippen molar-refractivity contribution < 1.29 is 18.3 Å². The minimum absolute atomic E-state index is 0.0155. The van der Waals surface area contributed by atoms with E-state index in [0.29, 0.717) is 16.9 Å². The predicted molar refractivity (Wildman–Crippen MR) is 115 cm³/mol. The monoisotopic (exact) mass is 430 g/mol. The van der Waals surface area contributed by atoms with E-state index in [-0.39, 0.29) is 17.0 Å². The number of aryl methyl sites for hydroxylation is 2. The average molecular weight is 431 g/mol. The quantitative estimate of drug-likeness (QED) is 0.615. The summed E-state index contributed by atoms with van der Waals surface area (Å²) in [6, 6.07) is 10.6. The molecule has 0 atom stereocenters.